The Bertz CT molecular complexity index is 963. The number of anilines is 1. The maximum atomic E-state index is 13.5. The fraction of sp³-hybridized carbons (Fsp3) is 0.375. The number of hydrogen-bond donors (Lipinski definition) is 0. The number of hydrogen-bond acceptors (Lipinski definition) is 4. The third-order valence-electron chi connectivity index (χ3n) is 5.85. The number of rotatable bonds is 5. The number of carbonyl (C=O) groups is 3. The molecular weight excluding hydrogens is 380 g/mol. The molecule has 6 nitrogen and oxygen atoms in total. The second-order valence-electron chi connectivity index (χ2n) is 8.03. The third-order valence-corrected chi connectivity index (χ3v) is 5.85. The lowest BCUT2D eigenvalue weighted by atomic mass is 10.0. The van der Waals surface area contributed by atoms with Crippen molar-refractivity contribution in [1.29, 1.82) is 0 Å². The number of benzene rings is 2. The fourth-order valence-corrected chi connectivity index (χ4v) is 4.15. The summed E-state index contributed by atoms with van der Waals surface area (Å²) in [7, 11) is 0. The molecule has 0 radical (unpaired) electrons. The van der Waals surface area contributed by atoms with E-state index in [9.17, 15) is 14.4 Å². The smallest absolute Gasteiger partial charge is 0.257 e. The van der Waals surface area contributed by atoms with E-state index in [1.54, 1.807) is 23.1 Å². The highest BCUT2D eigenvalue weighted by molar-refractivity contribution is 6.23. The molecule has 2 aliphatic rings. The number of amides is 3. The van der Waals surface area contributed by atoms with Crippen LogP contribution in [-0.2, 0) is 14.3 Å². The zero-order chi connectivity index (χ0) is 21.3. The number of carbonyl (C=O) groups excluding carboxylic acids is 3. The van der Waals surface area contributed by atoms with Crippen molar-refractivity contribution >= 4 is 23.4 Å². The van der Waals surface area contributed by atoms with Crippen molar-refractivity contribution in [2.45, 2.75) is 45.3 Å². The maximum absolute atomic E-state index is 13.5. The predicted octanol–water partition coefficient (Wildman–Crippen LogP) is 3.26. The molecule has 0 aromatic heterocycles. The van der Waals surface area contributed by atoms with E-state index < -0.39 is 6.04 Å². The summed E-state index contributed by atoms with van der Waals surface area (Å²) in [6, 6.07) is 13.8. The summed E-state index contributed by atoms with van der Waals surface area (Å²) in [5.74, 6) is -0.881. The number of ether oxygens (including phenoxy) is 1. The maximum Gasteiger partial charge on any atom is 0.257 e. The molecule has 0 saturated carbocycles. The molecule has 2 saturated heterocycles. The van der Waals surface area contributed by atoms with Crippen LogP contribution in [0.3, 0.4) is 0 Å². The Labute approximate surface area is 176 Å². The van der Waals surface area contributed by atoms with Gasteiger partial charge in [0, 0.05) is 18.7 Å². The van der Waals surface area contributed by atoms with Crippen LogP contribution in [0.2, 0.25) is 0 Å². The summed E-state index contributed by atoms with van der Waals surface area (Å²) in [5, 5.41) is 0. The molecule has 30 heavy (non-hydrogen) atoms. The van der Waals surface area contributed by atoms with E-state index in [2.05, 4.69) is 0 Å². The lowest BCUT2D eigenvalue weighted by molar-refractivity contribution is -0.122. The minimum absolute atomic E-state index is 0.0168. The first kappa shape index (κ1) is 20.3. The Hall–Kier alpha value is -2.99. The molecule has 2 unspecified atom stereocenters. The minimum atomic E-state index is -0.824. The normalized spacial score (nSPS) is 21.3. The average Bonchev–Trinajstić information content (AvgIpc) is 3.35. The summed E-state index contributed by atoms with van der Waals surface area (Å²) in [6.45, 7) is 4.78. The van der Waals surface area contributed by atoms with Gasteiger partial charge in [0.05, 0.1) is 18.2 Å². The summed E-state index contributed by atoms with van der Waals surface area (Å²) in [6.07, 6.45) is 1.64. The fourth-order valence-electron chi connectivity index (χ4n) is 4.15. The molecule has 2 aliphatic heterocycles. The Kier molecular flexibility index (Phi) is 5.68. The van der Waals surface area contributed by atoms with Crippen molar-refractivity contribution in [3.05, 3.63) is 65.2 Å². The summed E-state index contributed by atoms with van der Waals surface area (Å²) >= 11 is 0. The van der Waals surface area contributed by atoms with Crippen molar-refractivity contribution in [3.63, 3.8) is 0 Å². The molecular formula is C24H26N2O4. The second kappa shape index (κ2) is 8.40. The van der Waals surface area contributed by atoms with Crippen LogP contribution in [0.15, 0.2) is 48.5 Å². The molecule has 2 heterocycles. The SMILES string of the molecule is Cc1ccc(N2C(=O)CC(N(CC3CCCO3)C(=O)c3ccccc3C)C2=O)cc1. The van der Waals surface area contributed by atoms with E-state index in [0.29, 0.717) is 24.4 Å². The van der Waals surface area contributed by atoms with Gasteiger partial charge in [0.2, 0.25) is 5.91 Å². The molecule has 2 fully saturated rings. The van der Waals surface area contributed by atoms with Gasteiger partial charge in [0.25, 0.3) is 11.8 Å². The van der Waals surface area contributed by atoms with Gasteiger partial charge in [-0.25, -0.2) is 4.90 Å². The van der Waals surface area contributed by atoms with E-state index in [0.717, 1.165) is 24.0 Å². The van der Waals surface area contributed by atoms with Gasteiger partial charge in [-0.15, -0.1) is 0 Å². The highest BCUT2D eigenvalue weighted by Gasteiger charge is 2.45. The molecule has 0 N–H and O–H groups in total. The van der Waals surface area contributed by atoms with E-state index in [4.69, 9.17) is 4.74 Å². The van der Waals surface area contributed by atoms with Crippen LogP contribution in [-0.4, -0.2) is 47.9 Å². The van der Waals surface area contributed by atoms with Crippen LogP contribution in [0.25, 0.3) is 0 Å². The Morgan fingerprint density at radius 1 is 1.10 bits per heavy atom. The van der Waals surface area contributed by atoms with Crippen molar-refractivity contribution in [2.24, 2.45) is 0 Å². The third kappa shape index (κ3) is 3.87. The highest BCUT2D eigenvalue weighted by atomic mass is 16.5. The van der Waals surface area contributed by atoms with E-state index >= 15 is 0 Å². The topological polar surface area (TPSA) is 66.9 Å². The lowest BCUT2D eigenvalue weighted by Crippen LogP contribution is -2.48. The van der Waals surface area contributed by atoms with Gasteiger partial charge in [-0.1, -0.05) is 35.9 Å². The van der Waals surface area contributed by atoms with Crippen LogP contribution in [0.4, 0.5) is 5.69 Å². The molecule has 4 rings (SSSR count). The van der Waals surface area contributed by atoms with Gasteiger partial charge in [-0.05, 0) is 50.5 Å². The van der Waals surface area contributed by atoms with Gasteiger partial charge >= 0.3 is 0 Å². The standard InChI is InChI=1S/C24H26N2O4/c1-16-9-11-18(12-10-16)26-22(27)14-21(24(26)29)25(15-19-7-5-13-30-19)23(28)20-8-4-3-6-17(20)2/h3-4,6,8-12,19,21H,5,7,13-15H2,1-2H3. The highest BCUT2D eigenvalue weighted by Crippen LogP contribution is 2.28. The molecule has 2 atom stereocenters. The molecule has 156 valence electrons. The molecule has 2 aromatic carbocycles. The number of imide groups is 1. The van der Waals surface area contributed by atoms with Gasteiger partial charge < -0.3 is 9.64 Å². The molecule has 2 aromatic rings. The lowest BCUT2D eigenvalue weighted by Gasteiger charge is -2.30. The number of nitrogens with zero attached hydrogens (tertiary/aromatic N) is 2. The van der Waals surface area contributed by atoms with Gasteiger partial charge in [0.1, 0.15) is 6.04 Å². The first-order valence-corrected chi connectivity index (χ1v) is 10.4. The summed E-state index contributed by atoms with van der Waals surface area (Å²) in [4.78, 5) is 42.3. The first-order chi connectivity index (χ1) is 14.5. The van der Waals surface area contributed by atoms with Gasteiger partial charge in [-0.3, -0.25) is 14.4 Å². The largest absolute Gasteiger partial charge is 0.376 e. The van der Waals surface area contributed by atoms with Crippen LogP contribution >= 0.6 is 0 Å². The van der Waals surface area contributed by atoms with Crippen LogP contribution in [0, 0.1) is 13.8 Å². The zero-order valence-electron chi connectivity index (χ0n) is 17.3. The molecule has 0 spiro atoms. The molecule has 0 bridgehead atoms. The minimum Gasteiger partial charge on any atom is -0.376 e. The Morgan fingerprint density at radius 2 is 1.83 bits per heavy atom. The van der Waals surface area contributed by atoms with Crippen LogP contribution < -0.4 is 4.90 Å². The Morgan fingerprint density at radius 3 is 2.50 bits per heavy atom. The van der Waals surface area contributed by atoms with Gasteiger partial charge in [-0.2, -0.15) is 0 Å². The quantitative estimate of drug-likeness (QED) is 0.715. The zero-order valence-corrected chi connectivity index (χ0v) is 17.3. The molecule has 0 aliphatic carbocycles. The van der Waals surface area contributed by atoms with E-state index in [1.165, 1.54) is 4.90 Å². The van der Waals surface area contributed by atoms with Crippen molar-refractivity contribution in [3.8, 4) is 0 Å². The van der Waals surface area contributed by atoms with Crippen LogP contribution in [0.1, 0.15) is 40.7 Å². The van der Waals surface area contributed by atoms with Crippen molar-refractivity contribution < 1.29 is 19.1 Å². The average molecular weight is 406 g/mol. The number of aryl methyl sites for hydroxylation is 2. The first-order valence-electron chi connectivity index (χ1n) is 10.4. The van der Waals surface area contributed by atoms with E-state index in [-0.39, 0.29) is 30.2 Å². The monoisotopic (exact) mass is 406 g/mol. The van der Waals surface area contributed by atoms with Crippen LogP contribution in [0.5, 0.6) is 0 Å². The summed E-state index contributed by atoms with van der Waals surface area (Å²) < 4.78 is 5.74. The van der Waals surface area contributed by atoms with Crippen molar-refractivity contribution in [1.82, 2.24) is 4.90 Å². The summed E-state index contributed by atoms with van der Waals surface area (Å²) in [5.41, 5.74) is 2.97. The predicted molar refractivity (Wildman–Crippen MR) is 113 cm³/mol. The molecule has 3 amide bonds. The van der Waals surface area contributed by atoms with E-state index in [1.807, 2.05) is 44.2 Å². The second-order valence-corrected chi connectivity index (χ2v) is 8.03. The Balaban J connectivity index is 1.65. The molecule has 6 heteroatoms. The van der Waals surface area contributed by atoms with Gasteiger partial charge in [0.15, 0.2) is 0 Å². The van der Waals surface area contributed by atoms with Crippen molar-refractivity contribution in [2.75, 3.05) is 18.1 Å².